The number of anilines is 2. The van der Waals surface area contributed by atoms with Crippen molar-refractivity contribution in [2.75, 3.05) is 23.8 Å². The minimum absolute atomic E-state index is 0. The van der Waals surface area contributed by atoms with E-state index in [1.165, 1.54) is 23.7 Å². The van der Waals surface area contributed by atoms with Crippen molar-refractivity contribution in [1.82, 2.24) is 20.0 Å². The lowest BCUT2D eigenvalue weighted by Gasteiger charge is -2.24. The lowest BCUT2D eigenvalue weighted by atomic mass is 10.0. The summed E-state index contributed by atoms with van der Waals surface area (Å²) in [4.78, 5) is 34.1. The third kappa shape index (κ3) is 8.29. The first-order chi connectivity index (χ1) is 17.6. The molecule has 3 heterocycles. The van der Waals surface area contributed by atoms with Gasteiger partial charge in [0.1, 0.15) is 23.5 Å². The summed E-state index contributed by atoms with van der Waals surface area (Å²) in [5.74, 6) is -1.22. The van der Waals surface area contributed by atoms with Crippen molar-refractivity contribution in [3.05, 3.63) is 83.3 Å². The first-order valence-electron chi connectivity index (χ1n) is 11.1. The van der Waals surface area contributed by atoms with E-state index in [1.54, 1.807) is 23.8 Å². The second kappa shape index (κ2) is 12.8. The summed E-state index contributed by atoms with van der Waals surface area (Å²) in [5, 5.41) is 5.43. The zero-order valence-corrected chi connectivity index (χ0v) is 20.9. The SMILES string of the molecule is Cc1ccc(N(C)C(=O)[C@H](Cc2cc(F)cc(F)c2)NC(=O)NS(=O)O)cn1.[HH].[HH].c1cnc2c(c1)CCN2. The highest BCUT2D eigenvalue weighted by Gasteiger charge is 2.26. The second-order valence-electron chi connectivity index (χ2n) is 8.10. The number of urea groups is 1. The average molecular weight is 537 g/mol. The number of pyridine rings is 2. The van der Waals surface area contributed by atoms with Crippen molar-refractivity contribution in [1.29, 1.82) is 0 Å². The molecule has 0 radical (unpaired) electrons. The van der Waals surface area contributed by atoms with Crippen molar-refractivity contribution in [3.63, 3.8) is 0 Å². The number of hydrogen-bond acceptors (Lipinski definition) is 6. The Morgan fingerprint density at radius 3 is 2.57 bits per heavy atom. The van der Waals surface area contributed by atoms with Gasteiger partial charge in [0.2, 0.25) is 5.91 Å². The lowest BCUT2D eigenvalue weighted by molar-refractivity contribution is -0.120. The zero-order chi connectivity index (χ0) is 26.9. The Bertz CT molecular complexity index is 1250. The Kier molecular flexibility index (Phi) is 9.57. The molecule has 0 aliphatic carbocycles. The summed E-state index contributed by atoms with van der Waals surface area (Å²) >= 11 is -2.65. The predicted octanol–water partition coefficient (Wildman–Crippen LogP) is 3.22. The number of rotatable bonds is 6. The number of aromatic nitrogens is 2. The highest BCUT2D eigenvalue weighted by atomic mass is 32.2. The number of nitrogens with one attached hydrogen (secondary N) is 3. The summed E-state index contributed by atoms with van der Waals surface area (Å²) in [5.41, 5.74) is 2.63. The molecule has 0 spiro atoms. The number of likely N-dealkylation sites (N-methyl/N-ethyl adjacent to an activating group) is 1. The first kappa shape index (κ1) is 27.6. The van der Waals surface area contributed by atoms with E-state index in [9.17, 15) is 22.6 Å². The number of benzene rings is 1. The van der Waals surface area contributed by atoms with Crippen LogP contribution in [0.15, 0.2) is 54.9 Å². The maximum atomic E-state index is 13.5. The molecule has 0 saturated carbocycles. The van der Waals surface area contributed by atoms with E-state index in [4.69, 9.17) is 4.55 Å². The van der Waals surface area contributed by atoms with Crippen LogP contribution in [0.4, 0.5) is 25.1 Å². The molecule has 0 fully saturated rings. The number of aryl methyl sites for hydroxylation is 1. The largest absolute Gasteiger partial charge is 0.370 e. The van der Waals surface area contributed by atoms with Gasteiger partial charge < -0.3 is 15.5 Å². The van der Waals surface area contributed by atoms with Crippen LogP contribution in [0.5, 0.6) is 0 Å². The summed E-state index contributed by atoms with van der Waals surface area (Å²) in [6.45, 7) is 2.82. The summed E-state index contributed by atoms with van der Waals surface area (Å²) < 4.78 is 48.1. The molecule has 37 heavy (non-hydrogen) atoms. The zero-order valence-electron chi connectivity index (χ0n) is 20.1. The molecule has 1 aliphatic heterocycles. The minimum Gasteiger partial charge on any atom is -0.370 e. The van der Waals surface area contributed by atoms with Crippen molar-refractivity contribution in [3.8, 4) is 0 Å². The molecule has 2 aromatic heterocycles. The number of carbonyl (C=O) groups is 2. The molecule has 10 nitrogen and oxygen atoms in total. The first-order valence-corrected chi connectivity index (χ1v) is 12.2. The van der Waals surface area contributed by atoms with Crippen LogP contribution in [0.25, 0.3) is 0 Å². The predicted molar refractivity (Wildman–Crippen MR) is 139 cm³/mol. The normalized spacial score (nSPS) is 13.2. The van der Waals surface area contributed by atoms with Crippen molar-refractivity contribution >= 4 is 34.7 Å². The fourth-order valence-corrected chi connectivity index (χ4v) is 3.78. The standard InChI is InChI=1S/C17H18F2N4O4S.C7H8N2.2H2/c1-10-3-4-14(9-20-10)23(2)16(24)15(21-17(25)22-28(26)27)7-11-5-12(18)8-13(19)6-11;1-2-6-3-5-9-7(6)8-4-1;;/h3-6,8-9,15H,7H2,1-2H3,(H,26,27)(H2,21,22,25);1-2,4H,3,5H2,(H,8,9);2*1H/t15-;;;/m0.../s1. The highest BCUT2D eigenvalue weighted by molar-refractivity contribution is 7.77. The number of carbonyl (C=O) groups excluding carboxylic acids is 2. The maximum absolute atomic E-state index is 13.5. The fraction of sp³-hybridized carbons (Fsp3) is 0.250. The molecule has 13 heteroatoms. The van der Waals surface area contributed by atoms with Gasteiger partial charge in [-0.25, -0.2) is 27.5 Å². The number of fused-ring (bicyclic) bond motifs is 1. The van der Waals surface area contributed by atoms with Crippen LogP contribution >= 0.6 is 0 Å². The molecule has 2 atom stereocenters. The van der Waals surface area contributed by atoms with E-state index in [2.05, 4.69) is 26.7 Å². The monoisotopic (exact) mass is 536 g/mol. The maximum Gasteiger partial charge on any atom is 0.329 e. The van der Waals surface area contributed by atoms with Crippen LogP contribution in [-0.4, -0.2) is 50.3 Å². The minimum atomic E-state index is -2.65. The molecule has 0 bridgehead atoms. The molecule has 0 saturated heterocycles. The molecule has 3 amide bonds. The topological polar surface area (TPSA) is 137 Å². The van der Waals surface area contributed by atoms with Gasteiger partial charge in [0.15, 0.2) is 0 Å². The van der Waals surface area contributed by atoms with Crippen LogP contribution in [0.2, 0.25) is 0 Å². The smallest absolute Gasteiger partial charge is 0.329 e. The van der Waals surface area contributed by atoms with Gasteiger partial charge in [-0.2, -0.15) is 0 Å². The van der Waals surface area contributed by atoms with Gasteiger partial charge in [0.25, 0.3) is 11.3 Å². The summed E-state index contributed by atoms with van der Waals surface area (Å²) in [6, 6.07) is 7.80. The average Bonchev–Trinajstić information content (AvgIpc) is 3.31. The van der Waals surface area contributed by atoms with Crippen molar-refractivity contribution in [2.24, 2.45) is 0 Å². The quantitative estimate of drug-likeness (QED) is 0.355. The van der Waals surface area contributed by atoms with Gasteiger partial charge in [0.05, 0.1) is 11.9 Å². The lowest BCUT2D eigenvalue weighted by Crippen LogP contribution is -2.51. The second-order valence-corrected chi connectivity index (χ2v) is 8.80. The summed E-state index contributed by atoms with van der Waals surface area (Å²) in [6.07, 6.45) is 4.15. The summed E-state index contributed by atoms with van der Waals surface area (Å²) in [7, 11) is 1.44. The van der Waals surface area contributed by atoms with E-state index < -0.39 is 40.9 Å². The molecule has 3 aromatic rings. The Morgan fingerprint density at radius 1 is 1.22 bits per heavy atom. The molecule has 4 rings (SSSR count). The van der Waals surface area contributed by atoms with Gasteiger partial charge >= 0.3 is 6.03 Å². The van der Waals surface area contributed by atoms with E-state index in [1.807, 2.05) is 12.3 Å². The molecule has 200 valence electrons. The van der Waals surface area contributed by atoms with Crippen LogP contribution in [0.3, 0.4) is 0 Å². The number of hydrogen-bond donors (Lipinski definition) is 4. The number of halogens is 2. The van der Waals surface area contributed by atoms with Gasteiger partial charge in [-0.3, -0.25) is 14.3 Å². The van der Waals surface area contributed by atoms with Gasteiger partial charge in [0, 0.05) is 40.8 Å². The Hall–Kier alpha value is -3.97. The molecule has 1 aromatic carbocycles. The molecular formula is C24H30F2N6O4S. The van der Waals surface area contributed by atoms with Crippen LogP contribution in [-0.2, 0) is 28.9 Å². The van der Waals surface area contributed by atoms with E-state index >= 15 is 0 Å². The highest BCUT2D eigenvalue weighted by Crippen LogP contribution is 2.17. The molecule has 1 aliphatic rings. The Morgan fingerprint density at radius 2 is 1.95 bits per heavy atom. The van der Waals surface area contributed by atoms with Gasteiger partial charge in [-0.15, -0.1) is 0 Å². The van der Waals surface area contributed by atoms with E-state index in [0.29, 0.717) is 11.8 Å². The molecular weight excluding hydrogens is 506 g/mol. The third-order valence-corrected chi connectivity index (χ3v) is 5.70. The number of amides is 3. The fourth-order valence-electron chi connectivity index (χ4n) is 3.57. The van der Waals surface area contributed by atoms with Gasteiger partial charge in [-0.05, 0) is 54.8 Å². The number of nitrogens with zero attached hydrogens (tertiary/aromatic N) is 3. The van der Waals surface area contributed by atoms with Crippen LogP contribution in [0, 0.1) is 18.6 Å². The Labute approximate surface area is 217 Å². The molecule has 1 unspecified atom stereocenters. The Balaban J connectivity index is 0.000000579. The van der Waals surface area contributed by atoms with E-state index in [-0.39, 0.29) is 14.8 Å². The van der Waals surface area contributed by atoms with Crippen LogP contribution < -0.4 is 20.3 Å². The van der Waals surface area contributed by atoms with Crippen molar-refractivity contribution < 1.29 is 30.0 Å². The van der Waals surface area contributed by atoms with Gasteiger partial charge in [-0.1, -0.05) is 6.07 Å². The van der Waals surface area contributed by atoms with Crippen LogP contribution in [0.1, 0.15) is 19.7 Å². The van der Waals surface area contributed by atoms with Crippen molar-refractivity contribution in [2.45, 2.75) is 25.8 Å². The molecule has 4 N–H and O–H groups in total. The third-order valence-electron chi connectivity index (χ3n) is 5.34. The van der Waals surface area contributed by atoms with E-state index in [0.717, 1.165) is 36.6 Å².